The van der Waals surface area contributed by atoms with Crippen LogP contribution < -0.4 is 0 Å². The molecule has 0 aromatic heterocycles. The number of halogens is 1. The summed E-state index contributed by atoms with van der Waals surface area (Å²) in [4.78, 5) is 12.5. The first-order chi connectivity index (χ1) is 12.1. The highest BCUT2D eigenvalue weighted by Crippen LogP contribution is 2.31. The molecular formula is C22H19ClO2. The van der Waals surface area contributed by atoms with Gasteiger partial charge in [0.1, 0.15) is 5.75 Å². The Kier molecular flexibility index (Phi) is 5.20. The molecule has 0 radical (unpaired) electrons. The van der Waals surface area contributed by atoms with Crippen molar-refractivity contribution in [2.24, 2.45) is 0 Å². The molecule has 0 saturated carbocycles. The minimum absolute atomic E-state index is 0.117. The van der Waals surface area contributed by atoms with Crippen LogP contribution in [-0.4, -0.2) is 10.9 Å². The Balaban J connectivity index is 2.14. The highest BCUT2D eigenvalue weighted by Gasteiger charge is 2.15. The molecule has 126 valence electrons. The predicted molar refractivity (Wildman–Crippen MR) is 102 cm³/mol. The second-order valence-corrected chi connectivity index (χ2v) is 6.40. The topological polar surface area (TPSA) is 37.3 Å². The third-order valence-electron chi connectivity index (χ3n) is 4.25. The molecule has 0 aliphatic carbocycles. The van der Waals surface area contributed by atoms with Gasteiger partial charge < -0.3 is 5.11 Å². The number of benzene rings is 3. The van der Waals surface area contributed by atoms with E-state index in [1.54, 1.807) is 12.1 Å². The second-order valence-electron chi connectivity index (χ2n) is 5.96. The molecule has 3 aromatic rings. The molecule has 0 heterocycles. The van der Waals surface area contributed by atoms with Gasteiger partial charge in [0.05, 0.1) is 0 Å². The van der Waals surface area contributed by atoms with Gasteiger partial charge in [0, 0.05) is 17.0 Å². The summed E-state index contributed by atoms with van der Waals surface area (Å²) in [5.74, 6) is 0.327. The number of hydrogen-bond acceptors (Lipinski definition) is 2. The van der Waals surface area contributed by atoms with E-state index < -0.39 is 0 Å². The van der Waals surface area contributed by atoms with E-state index in [0.29, 0.717) is 17.9 Å². The first-order valence-corrected chi connectivity index (χ1v) is 8.65. The average molecular weight is 351 g/mol. The van der Waals surface area contributed by atoms with E-state index in [1.807, 2.05) is 61.5 Å². The van der Waals surface area contributed by atoms with E-state index in [4.69, 9.17) is 11.6 Å². The lowest BCUT2D eigenvalue weighted by Crippen LogP contribution is -2.05. The monoisotopic (exact) mass is 350 g/mol. The van der Waals surface area contributed by atoms with E-state index in [9.17, 15) is 9.90 Å². The Morgan fingerprint density at radius 3 is 2.40 bits per heavy atom. The smallest absolute Gasteiger partial charge is 0.162 e. The van der Waals surface area contributed by atoms with Crippen molar-refractivity contribution in [2.45, 2.75) is 19.8 Å². The number of aromatic hydroxyl groups is 1. The Morgan fingerprint density at radius 1 is 1.00 bits per heavy atom. The molecule has 0 spiro atoms. The molecule has 3 aromatic carbocycles. The molecule has 0 amide bonds. The summed E-state index contributed by atoms with van der Waals surface area (Å²) in [6.07, 6.45) is 1.08. The zero-order valence-electron chi connectivity index (χ0n) is 14.0. The van der Waals surface area contributed by atoms with Crippen LogP contribution in [0.1, 0.15) is 34.8 Å². The van der Waals surface area contributed by atoms with Crippen molar-refractivity contribution in [3.8, 4) is 16.9 Å². The SMILES string of the molecule is CCC(=O)c1cccc(-c2cccc(O)c2)c1Cc1ccc(Cl)cc1. The lowest BCUT2D eigenvalue weighted by atomic mass is 9.89. The molecule has 0 fully saturated rings. The van der Waals surface area contributed by atoms with Crippen molar-refractivity contribution in [1.82, 2.24) is 0 Å². The molecule has 0 bridgehead atoms. The third kappa shape index (κ3) is 3.92. The Labute approximate surface area is 152 Å². The summed E-state index contributed by atoms with van der Waals surface area (Å²) in [7, 11) is 0. The number of phenolic OH excluding ortho intramolecular Hbond substituents is 1. The van der Waals surface area contributed by atoms with Crippen LogP contribution >= 0.6 is 11.6 Å². The minimum Gasteiger partial charge on any atom is -0.508 e. The first-order valence-electron chi connectivity index (χ1n) is 8.27. The maximum Gasteiger partial charge on any atom is 0.162 e. The number of Topliss-reactive ketones (excluding diaryl/α,β-unsaturated/α-hetero) is 1. The highest BCUT2D eigenvalue weighted by atomic mass is 35.5. The van der Waals surface area contributed by atoms with Crippen molar-refractivity contribution in [2.75, 3.05) is 0 Å². The Hall–Kier alpha value is -2.58. The minimum atomic E-state index is 0.117. The quantitative estimate of drug-likeness (QED) is 0.582. The van der Waals surface area contributed by atoms with Crippen LogP contribution in [0.4, 0.5) is 0 Å². The van der Waals surface area contributed by atoms with E-state index >= 15 is 0 Å². The Bertz CT molecular complexity index is 898. The lowest BCUT2D eigenvalue weighted by molar-refractivity contribution is 0.0987. The molecule has 1 N–H and O–H groups in total. The summed E-state index contributed by atoms with van der Waals surface area (Å²) in [6, 6.07) is 20.5. The van der Waals surface area contributed by atoms with Gasteiger partial charge in [0.25, 0.3) is 0 Å². The summed E-state index contributed by atoms with van der Waals surface area (Å²) in [5, 5.41) is 10.5. The van der Waals surface area contributed by atoms with Crippen molar-refractivity contribution in [3.63, 3.8) is 0 Å². The van der Waals surface area contributed by atoms with Gasteiger partial charge in [-0.3, -0.25) is 4.79 Å². The van der Waals surface area contributed by atoms with Crippen molar-refractivity contribution in [1.29, 1.82) is 0 Å². The van der Waals surface area contributed by atoms with Gasteiger partial charge in [0.15, 0.2) is 5.78 Å². The molecule has 0 aliphatic heterocycles. The first kappa shape index (κ1) is 17.2. The van der Waals surface area contributed by atoms with E-state index in [1.165, 1.54) is 0 Å². The van der Waals surface area contributed by atoms with E-state index in [2.05, 4.69) is 0 Å². The van der Waals surface area contributed by atoms with Gasteiger partial charge in [-0.25, -0.2) is 0 Å². The fourth-order valence-electron chi connectivity index (χ4n) is 2.98. The summed E-state index contributed by atoms with van der Waals surface area (Å²) < 4.78 is 0. The Morgan fingerprint density at radius 2 is 1.72 bits per heavy atom. The van der Waals surface area contributed by atoms with Crippen LogP contribution in [0.25, 0.3) is 11.1 Å². The molecule has 2 nitrogen and oxygen atoms in total. The zero-order valence-corrected chi connectivity index (χ0v) is 14.8. The van der Waals surface area contributed by atoms with Crippen LogP contribution in [0.5, 0.6) is 5.75 Å². The number of carbonyl (C=O) groups is 1. The van der Waals surface area contributed by atoms with Crippen LogP contribution in [0.2, 0.25) is 5.02 Å². The fraction of sp³-hybridized carbons (Fsp3) is 0.136. The van der Waals surface area contributed by atoms with Crippen LogP contribution in [-0.2, 0) is 6.42 Å². The molecule has 0 unspecified atom stereocenters. The molecule has 3 heteroatoms. The van der Waals surface area contributed by atoms with Crippen molar-refractivity contribution < 1.29 is 9.90 Å². The predicted octanol–water partition coefficient (Wildman–Crippen LogP) is 5.90. The zero-order chi connectivity index (χ0) is 17.8. The highest BCUT2D eigenvalue weighted by molar-refractivity contribution is 6.30. The number of rotatable bonds is 5. The number of phenols is 1. The number of carbonyl (C=O) groups excluding carboxylic acids is 1. The normalized spacial score (nSPS) is 10.6. The molecular weight excluding hydrogens is 332 g/mol. The van der Waals surface area contributed by atoms with Gasteiger partial charge in [-0.2, -0.15) is 0 Å². The second kappa shape index (κ2) is 7.54. The van der Waals surface area contributed by atoms with Gasteiger partial charge in [-0.15, -0.1) is 0 Å². The molecule has 3 rings (SSSR count). The summed E-state index contributed by atoms with van der Waals surface area (Å²) in [5.41, 5.74) is 4.66. The third-order valence-corrected chi connectivity index (χ3v) is 4.50. The van der Waals surface area contributed by atoms with Gasteiger partial charge in [0.2, 0.25) is 0 Å². The number of ketones is 1. The lowest BCUT2D eigenvalue weighted by Gasteiger charge is -2.15. The standard InChI is InChI=1S/C22H19ClO2/c1-2-22(25)20-8-4-7-19(16-5-3-6-18(24)14-16)21(20)13-15-9-11-17(23)12-10-15/h3-12,14,24H,2,13H2,1H3. The molecule has 25 heavy (non-hydrogen) atoms. The molecule has 0 aliphatic rings. The fourth-order valence-corrected chi connectivity index (χ4v) is 3.11. The van der Waals surface area contributed by atoms with Gasteiger partial charge in [-0.05, 0) is 52.9 Å². The van der Waals surface area contributed by atoms with E-state index in [-0.39, 0.29) is 11.5 Å². The maximum atomic E-state index is 12.5. The number of hydrogen-bond donors (Lipinski definition) is 1. The van der Waals surface area contributed by atoms with Crippen LogP contribution in [0, 0.1) is 0 Å². The molecule has 0 saturated heterocycles. The average Bonchev–Trinajstić information content (AvgIpc) is 2.63. The van der Waals surface area contributed by atoms with Crippen LogP contribution in [0.3, 0.4) is 0 Å². The molecule has 0 atom stereocenters. The maximum absolute atomic E-state index is 12.5. The largest absolute Gasteiger partial charge is 0.508 e. The van der Waals surface area contributed by atoms with Gasteiger partial charge >= 0.3 is 0 Å². The van der Waals surface area contributed by atoms with Crippen molar-refractivity contribution >= 4 is 17.4 Å². The summed E-state index contributed by atoms with van der Waals surface area (Å²) >= 11 is 5.98. The van der Waals surface area contributed by atoms with E-state index in [0.717, 1.165) is 27.8 Å². The summed E-state index contributed by atoms with van der Waals surface area (Å²) in [6.45, 7) is 1.87. The van der Waals surface area contributed by atoms with Gasteiger partial charge in [-0.1, -0.05) is 61.0 Å². The van der Waals surface area contributed by atoms with Crippen molar-refractivity contribution in [3.05, 3.63) is 88.4 Å². The van der Waals surface area contributed by atoms with Crippen LogP contribution in [0.15, 0.2) is 66.7 Å².